The van der Waals surface area contributed by atoms with Crippen LogP contribution < -0.4 is 0 Å². The molecule has 0 spiro atoms. The fourth-order valence-electron chi connectivity index (χ4n) is 1.92. The van der Waals surface area contributed by atoms with Gasteiger partial charge in [-0.2, -0.15) is 0 Å². The quantitative estimate of drug-likeness (QED) is 0.322. The molecule has 8 heteroatoms. The third kappa shape index (κ3) is 3.49. The van der Waals surface area contributed by atoms with Crippen molar-refractivity contribution in [3.63, 3.8) is 0 Å². The second kappa shape index (κ2) is 5.10. The maximum Gasteiger partial charge on any atom is 0.325 e. The summed E-state index contributed by atoms with van der Waals surface area (Å²) in [5.74, 6) is -0.624. The van der Waals surface area contributed by atoms with E-state index in [1.165, 1.54) is 0 Å². The minimum absolute atomic E-state index is 0.00765. The van der Waals surface area contributed by atoms with Gasteiger partial charge < -0.3 is 30.2 Å². The van der Waals surface area contributed by atoms with E-state index in [1.807, 2.05) is 0 Å². The van der Waals surface area contributed by atoms with E-state index >= 15 is 0 Å². The number of aliphatic hydroxyl groups excluding tert-OH is 4. The lowest BCUT2D eigenvalue weighted by atomic mass is 9.79. The minimum atomic E-state index is -4.15. The highest BCUT2D eigenvalue weighted by Crippen LogP contribution is 2.38. The monoisotopic (exact) mass is 256 g/mol. The van der Waals surface area contributed by atoms with Gasteiger partial charge in [-0.15, -0.1) is 0 Å². The van der Waals surface area contributed by atoms with E-state index in [1.54, 1.807) is 0 Å². The van der Waals surface area contributed by atoms with Gasteiger partial charge in [0.1, 0.15) is 12.2 Å². The van der Waals surface area contributed by atoms with Crippen LogP contribution in [0, 0.1) is 5.92 Å². The van der Waals surface area contributed by atoms with E-state index in [-0.39, 0.29) is 12.8 Å². The molecule has 1 rings (SSSR count). The first-order valence-electron chi connectivity index (χ1n) is 4.99. The van der Waals surface area contributed by atoms with Gasteiger partial charge in [0.2, 0.25) is 0 Å². The highest BCUT2D eigenvalue weighted by molar-refractivity contribution is 7.51. The van der Waals surface area contributed by atoms with E-state index in [0.29, 0.717) is 0 Å². The summed E-state index contributed by atoms with van der Waals surface area (Å²) >= 11 is 0. The fourth-order valence-corrected chi connectivity index (χ4v) is 2.59. The molecule has 0 saturated heterocycles. The van der Waals surface area contributed by atoms with Crippen LogP contribution in [0.5, 0.6) is 0 Å². The van der Waals surface area contributed by atoms with E-state index in [0.717, 1.165) is 0 Å². The van der Waals surface area contributed by atoms with Gasteiger partial charge in [0.05, 0.1) is 18.4 Å². The Labute approximate surface area is 92.5 Å². The van der Waals surface area contributed by atoms with Crippen LogP contribution >= 0.6 is 7.60 Å². The third-order valence-electron chi connectivity index (χ3n) is 2.91. The molecule has 0 bridgehead atoms. The van der Waals surface area contributed by atoms with Crippen LogP contribution in [0.4, 0.5) is 0 Å². The van der Waals surface area contributed by atoms with Crippen LogP contribution in [0.1, 0.15) is 12.8 Å². The first kappa shape index (κ1) is 14.1. The number of hydrogen-bond acceptors (Lipinski definition) is 5. The van der Waals surface area contributed by atoms with Gasteiger partial charge in [0.15, 0.2) is 0 Å². The normalized spacial score (nSPS) is 41.0. The van der Waals surface area contributed by atoms with Gasteiger partial charge in [0, 0.05) is 0 Å². The van der Waals surface area contributed by atoms with Crippen molar-refractivity contribution in [1.29, 1.82) is 0 Å². The van der Waals surface area contributed by atoms with Crippen molar-refractivity contribution >= 4 is 7.60 Å². The van der Waals surface area contributed by atoms with E-state index in [4.69, 9.17) is 9.79 Å². The van der Waals surface area contributed by atoms with Gasteiger partial charge in [-0.3, -0.25) is 4.57 Å². The molecule has 7 nitrogen and oxygen atoms in total. The Balaban J connectivity index is 2.57. The first-order chi connectivity index (χ1) is 7.22. The molecule has 16 heavy (non-hydrogen) atoms. The Kier molecular flexibility index (Phi) is 4.48. The molecule has 1 aliphatic rings. The van der Waals surface area contributed by atoms with E-state index < -0.39 is 44.1 Å². The average Bonchev–Trinajstić information content (AvgIpc) is 2.17. The zero-order valence-corrected chi connectivity index (χ0v) is 9.44. The topological polar surface area (TPSA) is 138 Å². The van der Waals surface area contributed by atoms with E-state index in [9.17, 15) is 25.0 Å². The van der Waals surface area contributed by atoms with E-state index in [2.05, 4.69) is 0 Å². The van der Waals surface area contributed by atoms with Crippen molar-refractivity contribution in [2.45, 2.75) is 37.3 Å². The Hall–Kier alpha value is -0.0100. The maximum atomic E-state index is 10.6. The second-order valence-electron chi connectivity index (χ2n) is 4.21. The van der Waals surface area contributed by atoms with Crippen molar-refractivity contribution in [2.75, 3.05) is 6.16 Å². The number of aliphatic hydroxyl groups is 4. The molecule has 0 aromatic heterocycles. The molecule has 1 saturated carbocycles. The third-order valence-corrected chi connectivity index (χ3v) is 3.75. The van der Waals surface area contributed by atoms with Gasteiger partial charge in [0.25, 0.3) is 0 Å². The van der Waals surface area contributed by atoms with Crippen LogP contribution in [-0.4, -0.2) is 60.8 Å². The molecule has 0 amide bonds. The second-order valence-corrected chi connectivity index (χ2v) is 5.99. The molecule has 0 aromatic rings. The molecular formula is C8H17O7P. The van der Waals surface area contributed by atoms with Crippen molar-refractivity contribution in [3.8, 4) is 0 Å². The molecule has 1 fully saturated rings. The average molecular weight is 256 g/mol. The smallest absolute Gasteiger partial charge is 0.325 e. The summed E-state index contributed by atoms with van der Waals surface area (Å²) in [6.07, 6.45) is -5.76. The zero-order valence-electron chi connectivity index (χ0n) is 8.55. The Bertz CT molecular complexity index is 278. The zero-order chi connectivity index (χ0) is 12.5. The van der Waals surface area contributed by atoms with Crippen LogP contribution in [-0.2, 0) is 4.57 Å². The number of rotatable bonds is 3. The molecule has 0 aliphatic heterocycles. The molecule has 5 atom stereocenters. The lowest BCUT2D eigenvalue weighted by Crippen LogP contribution is -2.53. The molecular weight excluding hydrogens is 239 g/mol. The molecule has 0 aromatic carbocycles. The molecule has 0 radical (unpaired) electrons. The van der Waals surface area contributed by atoms with Crippen LogP contribution in [0.3, 0.4) is 0 Å². The van der Waals surface area contributed by atoms with Gasteiger partial charge in [-0.1, -0.05) is 0 Å². The molecule has 0 heterocycles. The van der Waals surface area contributed by atoms with Crippen LogP contribution in [0.2, 0.25) is 0 Å². The van der Waals surface area contributed by atoms with Crippen LogP contribution in [0.15, 0.2) is 0 Å². The summed E-state index contributed by atoms with van der Waals surface area (Å²) in [6.45, 7) is 0. The Morgan fingerprint density at radius 1 is 1.00 bits per heavy atom. The standard InChI is InChI=1S/C8H17O7P/c9-5-3-4(1-2-16(13,14)15)6(10)8(12)7(5)11/h4-12H,1-3H2,(H2,13,14,15)/t4-,5?,6+,7+,8-/m0/s1. The lowest BCUT2D eigenvalue weighted by molar-refractivity contribution is -0.157. The fraction of sp³-hybridized carbons (Fsp3) is 1.00. The summed E-state index contributed by atoms with van der Waals surface area (Å²) in [5, 5.41) is 37.5. The summed E-state index contributed by atoms with van der Waals surface area (Å²) in [5.41, 5.74) is 0. The van der Waals surface area contributed by atoms with Gasteiger partial charge >= 0.3 is 7.60 Å². The number of hydrogen-bond donors (Lipinski definition) is 6. The molecule has 96 valence electrons. The van der Waals surface area contributed by atoms with Crippen molar-refractivity contribution in [2.24, 2.45) is 5.92 Å². The van der Waals surface area contributed by atoms with Crippen molar-refractivity contribution in [1.82, 2.24) is 0 Å². The molecule has 1 unspecified atom stereocenters. The highest BCUT2D eigenvalue weighted by atomic mass is 31.2. The SMILES string of the molecule is O=P(O)(O)CC[C@H]1CC(O)[C@@H](O)[C@@H](O)[C@@H]1O. The predicted molar refractivity (Wildman–Crippen MR) is 53.7 cm³/mol. The summed E-state index contributed by atoms with van der Waals surface area (Å²) < 4.78 is 10.6. The predicted octanol–water partition coefficient (Wildman–Crippen LogP) is -1.98. The summed E-state index contributed by atoms with van der Waals surface area (Å²) in [6, 6.07) is 0. The lowest BCUT2D eigenvalue weighted by Gasteiger charge is -2.38. The van der Waals surface area contributed by atoms with Crippen LogP contribution in [0.25, 0.3) is 0 Å². The van der Waals surface area contributed by atoms with Crippen molar-refractivity contribution < 1.29 is 34.8 Å². The van der Waals surface area contributed by atoms with Crippen molar-refractivity contribution in [3.05, 3.63) is 0 Å². The Morgan fingerprint density at radius 2 is 1.56 bits per heavy atom. The Morgan fingerprint density at radius 3 is 2.06 bits per heavy atom. The molecule has 6 N–H and O–H groups in total. The largest absolute Gasteiger partial charge is 0.390 e. The molecule has 1 aliphatic carbocycles. The summed E-state index contributed by atoms with van der Waals surface area (Å²) in [7, 11) is -4.15. The summed E-state index contributed by atoms with van der Waals surface area (Å²) in [4.78, 5) is 17.3. The first-order valence-corrected chi connectivity index (χ1v) is 6.79. The maximum absolute atomic E-state index is 10.6. The highest BCUT2D eigenvalue weighted by Gasteiger charge is 2.42. The van der Waals surface area contributed by atoms with Gasteiger partial charge in [-0.05, 0) is 18.8 Å². The minimum Gasteiger partial charge on any atom is -0.390 e. The van der Waals surface area contributed by atoms with Gasteiger partial charge in [-0.25, -0.2) is 0 Å².